The van der Waals surface area contributed by atoms with Crippen LogP contribution in [-0.2, 0) is 19.6 Å². The van der Waals surface area contributed by atoms with Crippen LogP contribution in [0.5, 0.6) is 0 Å². The lowest BCUT2D eigenvalue weighted by Crippen LogP contribution is -2.55. The van der Waals surface area contributed by atoms with E-state index in [-0.39, 0.29) is 28.4 Å². The third-order valence-corrected chi connectivity index (χ3v) is 11.0. The first-order valence-electron chi connectivity index (χ1n) is 13.2. The van der Waals surface area contributed by atoms with E-state index in [2.05, 4.69) is 9.71 Å². The van der Waals surface area contributed by atoms with Crippen LogP contribution in [0.15, 0.2) is 57.5 Å². The number of aromatic amines is 1. The van der Waals surface area contributed by atoms with Crippen LogP contribution < -0.4 is 10.4 Å². The first-order valence-corrected chi connectivity index (χ1v) is 15.8. The molecule has 210 valence electrons. The van der Waals surface area contributed by atoms with Crippen LogP contribution in [0.3, 0.4) is 0 Å². The topological polar surface area (TPSA) is 125 Å². The molecule has 2 fully saturated rings. The summed E-state index contributed by atoms with van der Waals surface area (Å²) in [5, 5.41) is 1.28. The molecule has 2 amide bonds. The molecule has 2 saturated heterocycles. The van der Waals surface area contributed by atoms with Crippen LogP contribution in [0.25, 0.3) is 21.1 Å². The van der Waals surface area contributed by atoms with Gasteiger partial charge in [-0.05, 0) is 61.4 Å². The average Bonchev–Trinajstić information content (AvgIpc) is 3.51. The molecule has 2 aliphatic heterocycles. The van der Waals surface area contributed by atoms with Gasteiger partial charge >= 0.3 is 5.69 Å². The van der Waals surface area contributed by atoms with Crippen molar-refractivity contribution in [3.63, 3.8) is 0 Å². The number of likely N-dealkylation sites (tertiary alicyclic amines) is 2. The average molecular weight is 602 g/mol. The van der Waals surface area contributed by atoms with Gasteiger partial charge in [0.15, 0.2) is 0 Å². The van der Waals surface area contributed by atoms with Crippen molar-refractivity contribution in [3.8, 4) is 0 Å². The molecule has 13 heteroatoms. The van der Waals surface area contributed by atoms with Crippen LogP contribution in [0.4, 0.5) is 0 Å². The predicted octanol–water partition coefficient (Wildman–Crippen LogP) is 3.33. The number of halogens is 1. The quantitative estimate of drug-likeness (QED) is 0.351. The van der Waals surface area contributed by atoms with Crippen molar-refractivity contribution in [2.75, 3.05) is 26.2 Å². The molecule has 40 heavy (non-hydrogen) atoms. The molecule has 2 aromatic heterocycles. The molecular formula is C27H28ClN5O5S2. The van der Waals surface area contributed by atoms with Gasteiger partial charge in [-0.15, -0.1) is 11.3 Å². The maximum Gasteiger partial charge on any atom is 0.326 e. The van der Waals surface area contributed by atoms with Gasteiger partial charge in [0.05, 0.1) is 17.6 Å². The molecule has 0 radical (unpaired) electrons. The van der Waals surface area contributed by atoms with Crippen LogP contribution in [0, 0.1) is 0 Å². The molecule has 0 saturated carbocycles. The molecule has 6 rings (SSSR count). The minimum Gasteiger partial charge on any atom is -0.341 e. The summed E-state index contributed by atoms with van der Waals surface area (Å²) in [6, 6.07) is 13.3. The number of sulfonamides is 1. The fourth-order valence-corrected chi connectivity index (χ4v) is 8.55. The molecule has 0 bridgehead atoms. The molecular weight excluding hydrogens is 574 g/mol. The molecule has 1 atom stereocenters. The van der Waals surface area contributed by atoms with Crippen LogP contribution in [0.2, 0.25) is 5.02 Å². The summed E-state index contributed by atoms with van der Waals surface area (Å²) < 4.78 is 31.4. The number of nitrogens with one attached hydrogen (secondary N) is 2. The van der Waals surface area contributed by atoms with E-state index in [4.69, 9.17) is 11.6 Å². The molecule has 0 spiro atoms. The lowest BCUT2D eigenvalue weighted by molar-refractivity contribution is -0.143. The van der Waals surface area contributed by atoms with Crippen molar-refractivity contribution < 1.29 is 18.0 Å². The minimum absolute atomic E-state index is 0.0203. The van der Waals surface area contributed by atoms with Crippen molar-refractivity contribution in [2.45, 2.75) is 42.0 Å². The molecule has 4 aromatic rings. The zero-order valence-corrected chi connectivity index (χ0v) is 23.9. The smallest absolute Gasteiger partial charge is 0.326 e. The van der Waals surface area contributed by atoms with Gasteiger partial charge in [-0.1, -0.05) is 29.8 Å². The molecule has 2 aromatic carbocycles. The zero-order chi connectivity index (χ0) is 28.0. The number of para-hydroxylation sites is 2. The highest BCUT2D eigenvalue weighted by Gasteiger charge is 2.35. The van der Waals surface area contributed by atoms with Crippen LogP contribution in [0.1, 0.15) is 31.7 Å². The fourth-order valence-electron chi connectivity index (χ4n) is 5.64. The number of fused-ring (bicyclic) bond motifs is 2. The number of rotatable bonds is 6. The number of hydrogen-bond acceptors (Lipinski definition) is 6. The molecule has 2 aliphatic rings. The highest BCUT2D eigenvalue weighted by atomic mass is 35.5. The Morgan fingerprint density at radius 1 is 1.05 bits per heavy atom. The van der Waals surface area contributed by atoms with E-state index in [9.17, 15) is 22.8 Å². The number of amides is 2. The van der Waals surface area contributed by atoms with E-state index in [1.807, 2.05) is 24.3 Å². The monoisotopic (exact) mass is 601 g/mol. The number of aromatic nitrogens is 2. The second kappa shape index (κ2) is 10.7. The first kappa shape index (κ1) is 27.0. The normalized spacial score (nSPS) is 19.1. The summed E-state index contributed by atoms with van der Waals surface area (Å²) >= 11 is 7.13. The lowest BCUT2D eigenvalue weighted by atomic mass is 10.0. The molecule has 1 unspecified atom stereocenters. The number of carbonyl (C=O) groups is 2. The lowest BCUT2D eigenvalue weighted by Gasteiger charge is -2.36. The Kier molecular flexibility index (Phi) is 7.19. The second-order valence-electron chi connectivity index (χ2n) is 10.3. The van der Waals surface area contributed by atoms with Crippen molar-refractivity contribution in [1.29, 1.82) is 0 Å². The standard InChI is InChI=1S/C27H28ClN5O5S2/c28-18-8-7-17-14-25(39-23(17)15-18)40(37,38)30-21-5-3-11-32(26(21)35)16-24(34)31-12-9-19(10-13-31)33-22-6-2-1-4-20(22)29-27(33)36/h1-2,4,6-8,14-15,19,21,30H,3,5,9-13,16H2,(H,29,36). The highest BCUT2D eigenvalue weighted by molar-refractivity contribution is 7.91. The number of thiophene rings is 1. The summed E-state index contributed by atoms with van der Waals surface area (Å²) in [7, 11) is -3.93. The minimum atomic E-state index is -3.93. The van der Waals surface area contributed by atoms with Gasteiger partial charge < -0.3 is 14.8 Å². The van der Waals surface area contributed by atoms with Crippen LogP contribution >= 0.6 is 22.9 Å². The van der Waals surface area contributed by atoms with Crippen molar-refractivity contribution in [1.82, 2.24) is 24.1 Å². The summed E-state index contributed by atoms with van der Waals surface area (Å²) in [4.78, 5) is 45.0. The Hall–Kier alpha value is -3.19. The maximum atomic E-state index is 13.2. The van der Waals surface area contributed by atoms with Gasteiger partial charge in [-0.25, -0.2) is 13.2 Å². The molecule has 2 N–H and O–H groups in total. The number of benzene rings is 2. The van der Waals surface area contributed by atoms with E-state index in [0.717, 1.165) is 32.5 Å². The Labute approximate surface area is 239 Å². The Morgan fingerprint density at radius 3 is 2.62 bits per heavy atom. The van der Waals surface area contributed by atoms with Gasteiger partial charge in [-0.3, -0.25) is 14.2 Å². The van der Waals surface area contributed by atoms with E-state index in [1.54, 1.807) is 33.7 Å². The molecule has 10 nitrogen and oxygen atoms in total. The maximum absolute atomic E-state index is 13.2. The van der Waals surface area contributed by atoms with Crippen LogP contribution in [-0.4, -0.2) is 71.8 Å². The van der Waals surface area contributed by atoms with Gasteiger partial charge in [-0.2, -0.15) is 4.72 Å². The third kappa shape index (κ3) is 5.16. The largest absolute Gasteiger partial charge is 0.341 e. The molecule has 4 heterocycles. The SMILES string of the molecule is O=C(CN1CCCC(NS(=O)(=O)c2cc3ccc(Cl)cc3s2)C1=O)N1CCC(n2c(=O)[nH]c3ccccc32)CC1. The van der Waals surface area contributed by atoms with Gasteiger partial charge in [0.25, 0.3) is 10.0 Å². The van der Waals surface area contributed by atoms with E-state index in [0.29, 0.717) is 50.3 Å². The van der Waals surface area contributed by atoms with Gasteiger partial charge in [0.1, 0.15) is 10.3 Å². The van der Waals surface area contributed by atoms with Crippen molar-refractivity contribution in [2.24, 2.45) is 0 Å². The summed E-state index contributed by atoms with van der Waals surface area (Å²) in [5.41, 5.74) is 1.48. The number of H-pyrrole nitrogens is 1. The van der Waals surface area contributed by atoms with Crippen molar-refractivity contribution in [3.05, 3.63) is 64.0 Å². The number of nitrogens with zero attached hydrogens (tertiary/aromatic N) is 3. The zero-order valence-electron chi connectivity index (χ0n) is 21.5. The Bertz CT molecular complexity index is 1770. The first-order chi connectivity index (χ1) is 19.2. The van der Waals surface area contributed by atoms with E-state index >= 15 is 0 Å². The van der Waals surface area contributed by atoms with Gasteiger partial charge in [0.2, 0.25) is 11.8 Å². The third-order valence-electron chi connectivity index (χ3n) is 7.68. The highest BCUT2D eigenvalue weighted by Crippen LogP contribution is 2.31. The number of piperidine rings is 2. The Morgan fingerprint density at radius 2 is 1.82 bits per heavy atom. The second-order valence-corrected chi connectivity index (χ2v) is 13.7. The van der Waals surface area contributed by atoms with E-state index < -0.39 is 22.0 Å². The van der Waals surface area contributed by atoms with Crippen molar-refractivity contribution >= 4 is 65.9 Å². The molecule has 0 aliphatic carbocycles. The fraction of sp³-hybridized carbons (Fsp3) is 0.370. The van der Waals surface area contributed by atoms with Gasteiger partial charge in [0, 0.05) is 35.4 Å². The van der Waals surface area contributed by atoms with E-state index in [1.165, 1.54) is 4.90 Å². The summed E-state index contributed by atoms with van der Waals surface area (Å²) in [5.74, 6) is -0.574. The number of carbonyl (C=O) groups excluding carboxylic acids is 2. The summed E-state index contributed by atoms with van der Waals surface area (Å²) in [6.45, 7) is 1.24. The number of imidazole rings is 1. The Balaban J connectivity index is 1.08. The predicted molar refractivity (Wildman–Crippen MR) is 154 cm³/mol. The summed E-state index contributed by atoms with van der Waals surface area (Å²) in [6.07, 6.45) is 2.21. The number of hydrogen-bond donors (Lipinski definition) is 2.